The molecule has 0 rings (SSSR count). The average Bonchev–Trinajstić information content (AvgIpc) is 2.42. The van der Waals surface area contributed by atoms with Crippen molar-refractivity contribution in [2.75, 3.05) is 0 Å². The highest BCUT2D eigenvalue weighted by Gasteiger charge is 2.17. The molecule has 0 saturated heterocycles. The first-order valence-corrected chi connectivity index (χ1v) is 8.94. The molecule has 0 spiro atoms. The minimum Gasteiger partial charge on any atom is -0.393 e. The van der Waals surface area contributed by atoms with Gasteiger partial charge in [0.05, 0.1) is 6.10 Å². The molecule has 0 heterocycles. The van der Waals surface area contributed by atoms with Gasteiger partial charge >= 0.3 is 0 Å². The van der Waals surface area contributed by atoms with E-state index in [4.69, 9.17) is 0 Å². The molecule has 0 aliphatic carbocycles. The van der Waals surface area contributed by atoms with Crippen molar-refractivity contribution in [3.8, 4) is 0 Å². The number of rotatable bonds is 14. The summed E-state index contributed by atoms with van der Waals surface area (Å²) in [4.78, 5) is 0. The standard InChI is InChI=1S/C18H38O/c1-4-7-10-12-15-17(14-9-6-3)18(19)16-13-11-8-5-2/h17-19H,4-16H2,1-3H3. The predicted octanol–water partition coefficient (Wildman–Crippen LogP) is 6.09. The third-order valence-electron chi connectivity index (χ3n) is 4.25. The van der Waals surface area contributed by atoms with Gasteiger partial charge < -0.3 is 5.11 Å². The predicted molar refractivity (Wildman–Crippen MR) is 86.5 cm³/mol. The Kier molecular flexibility index (Phi) is 14.3. The Balaban J connectivity index is 3.86. The monoisotopic (exact) mass is 270 g/mol. The minimum atomic E-state index is -0.0370. The van der Waals surface area contributed by atoms with Gasteiger partial charge in [0.25, 0.3) is 0 Å². The normalized spacial score (nSPS) is 14.5. The molecule has 1 heteroatoms. The largest absolute Gasteiger partial charge is 0.393 e. The molecule has 0 bridgehead atoms. The molecule has 2 unspecified atom stereocenters. The summed E-state index contributed by atoms with van der Waals surface area (Å²) in [5.74, 6) is 0.568. The second-order valence-corrected chi connectivity index (χ2v) is 6.17. The van der Waals surface area contributed by atoms with E-state index in [9.17, 15) is 5.11 Å². The fraction of sp³-hybridized carbons (Fsp3) is 1.00. The zero-order chi connectivity index (χ0) is 14.3. The van der Waals surface area contributed by atoms with E-state index >= 15 is 0 Å². The van der Waals surface area contributed by atoms with Crippen molar-refractivity contribution in [1.29, 1.82) is 0 Å². The first kappa shape index (κ1) is 19.0. The third-order valence-corrected chi connectivity index (χ3v) is 4.25. The number of unbranched alkanes of at least 4 members (excludes halogenated alkanes) is 7. The summed E-state index contributed by atoms with van der Waals surface area (Å²) < 4.78 is 0. The zero-order valence-corrected chi connectivity index (χ0v) is 13.8. The molecule has 0 saturated carbocycles. The van der Waals surface area contributed by atoms with Gasteiger partial charge in [-0.25, -0.2) is 0 Å². The van der Waals surface area contributed by atoms with E-state index in [0.29, 0.717) is 5.92 Å². The minimum absolute atomic E-state index is 0.0370. The zero-order valence-electron chi connectivity index (χ0n) is 13.8. The fourth-order valence-electron chi connectivity index (χ4n) is 2.84. The summed E-state index contributed by atoms with van der Waals surface area (Å²) in [7, 11) is 0. The van der Waals surface area contributed by atoms with E-state index in [1.807, 2.05) is 0 Å². The molecule has 0 amide bonds. The van der Waals surface area contributed by atoms with Crippen molar-refractivity contribution >= 4 is 0 Å². The molecule has 116 valence electrons. The van der Waals surface area contributed by atoms with Crippen LogP contribution in [0, 0.1) is 5.92 Å². The molecular weight excluding hydrogens is 232 g/mol. The van der Waals surface area contributed by atoms with Crippen LogP contribution in [0.25, 0.3) is 0 Å². The molecule has 0 aliphatic rings. The molecular formula is C18H38O. The van der Waals surface area contributed by atoms with Crippen LogP contribution in [0.4, 0.5) is 0 Å². The van der Waals surface area contributed by atoms with Crippen LogP contribution in [0.2, 0.25) is 0 Å². The maximum absolute atomic E-state index is 10.4. The fourth-order valence-corrected chi connectivity index (χ4v) is 2.84. The first-order chi connectivity index (χ1) is 9.26. The lowest BCUT2D eigenvalue weighted by molar-refractivity contribution is 0.0833. The number of hydrogen-bond acceptors (Lipinski definition) is 1. The molecule has 0 aliphatic heterocycles. The maximum Gasteiger partial charge on any atom is 0.0568 e. The molecule has 0 radical (unpaired) electrons. The quantitative estimate of drug-likeness (QED) is 0.378. The number of aliphatic hydroxyl groups excluding tert-OH is 1. The third kappa shape index (κ3) is 11.5. The van der Waals surface area contributed by atoms with Crippen molar-refractivity contribution in [1.82, 2.24) is 0 Å². The van der Waals surface area contributed by atoms with Crippen LogP contribution >= 0.6 is 0 Å². The highest BCUT2D eigenvalue weighted by atomic mass is 16.3. The van der Waals surface area contributed by atoms with Crippen LogP contribution in [0.15, 0.2) is 0 Å². The Morgan fingerprint density at radius 3 is 1.58 bits per heavy atom. The van der Waals surface area contributed by atoms with Crippen molar-refractivity contribution < 1.29 is 5.11 Å². The smallest absolute Gasteiger partial charge is 0.0568 e. The van der Waals surface area contributed by atoms with Gasteiger partial charge in [0, 0.05) is 0 Å². The number of hydrogen-bond donors (Lipinski definition) is 1. The van der Waals surface area contributed by atoms with Crippen LogP contribution in [0.1, 0.15) is 104 Å². The van der Waals surface area contributed by atoms with Crippen LogP contribution < -0.4 is 0 Å². The topological polar surface area (TPSA) is 20.2 Å². The van der Waals surface area contributed by atoms with Crippen molar-refractivity contribution in [2.45, 2.75) is 110 Å². The van der Waals surface area contributed by atoms with Gasteiger partial charge in [-0.2, -0.15) is 0 Å². The Labute approximate surface area is 122 Å². The van der Waals surface area contributed by atoms with Crippen LogP contribution in [-0.4, -0.2) is 11.2 Å². The van der Waals surface area contributed by atoms with E-state index in [1.165, 1.54) is 77.0 Å². The summed E-state index contributed by atoms with van der Waals surface area (Å²) in [5, 5.41) is 10.4. The molecule has 19 heavy (non-hydrogen) atoms. The van der Waals surface area contributed by atoms with E-state index < -0.39 is 0 Å². The Bertz CT molecular complexity index is 167. The number of aliphatic hydroxyl groups is 1. The lowest BCUT2D eigenvalue weighted by atomic mass is 9.87. The van der Waals surface area contributed by atoms with Crippen molar-refractivity contribution in [3.63, 3.8) is 0 Å². The highest BCUT2D eigenvalue weighted by Crippen LogP contribution is 2.24. The summed E-state index contributed by atoms with van der Waals surface area (Å²) in [6, 6.07) is 0. The molecule has 0 fully saturated rings. The van der Waals surface area contributed by atoms with Gasteiger partial charge in [0.1, 0.15) is 0 Å². The molecule has 1 N–H and O–H groups in total. The van der Waals surface area contributed by atoms with Gasteiger partial charge in [-0.15, -0.1) is 0 Å². The second kappa shape index (κ2) is 14.4. The van der Waals surface area contributed by atoms with Crippen molar-refractivity contribution in [2.24, 2.45) is 5.92 Å². The highest BCUT2D eigenvalue weighted by molar-refractivity contribution is 4.69. The van der Waals surface area contributed by atoms with Gasteiger partial charge in [-0.05, 0) is 25.2 Å². The van der Waals surface area contributed by atoms with E-state index in [1.54, 1.807) is 0 Å². The molecule has 0 aromatic carbocycles. The van der Waals surface area contributed by atoms with Gasteiger partial charge in [-0.3, -0.25) is 0 Å². The Morgan fingerprint density at radius 1 is 0.579 bits per heavy atom. The summed E-state index contributed by atoms with van der Waals surface area (Å²) in [5.41, 5.74) is 0. The van der Waals surface area contributed by atoms with E-state index in [2.05, 4.69) is 20.8 Å². The van der Waals surface area contributed by atoms with Crippen LogP contribution in [0.3, 0.4) is 0 Å². The first-order valence-electron chi connectivity index (χ1n) is 8.94. The van der Waals surface area contributed by atoms with Crippen LogP contribution in [0.5, 0.6) is 0 Å². The van der Waals surface area contributed by atoms with Gasteiger partial charge in [0.2, 0.25) is 0 Å². The summed E-state index contributed by atoms with van der Waals surface area (Å²) in [6.07, 6.45) is 16.5. The summed E-state index contributed by atoms with van der Waals surface area (Å²) >= 11 is 0. The summed E-state index contributed by atoms with van der Waals surface area (Å²) in [6.45, 7) is 6.76. The lowest BCUT2D eigenvalue weighted by Gasteiger charge is -2.23. The maximum atomic E-state index is 10.4. The Hall–Kier alpha value is -0.0400. The van der Waals surface area contributed by atoms with Crippen molar-refractivity contribution in [3.05, 3.63) is 0 Å². The van der Waals surface area contributed by atoms with E-state index in [-0.39, 0.29) is 6.10 Å². The molecule has 1 nitrogen and oxygen atoms in total. The lowest BCUT2D eigenvalue weighted by Crippen LogP contribution is -2.20. The van der Waals surface area contributed by atoms with Gasteiger partial charge in [-0.1, -0.05) is 85.0 Å². The molecule has 0 aromatic heterocycles. The van der Waals surface area contributed by atoms with Gasteiger partial charge in [0.15, 0.2) is 0 Å². The van der Waals surface area contributed by atoms with Crippen LogP contribution in [-0.2, 0) is 0 Å². The Morgan fingerprint density at radius 2 is 1.05 bits per heavy atom. The SMILES string of the molecule is CCCCCCC(O)C(CCCC)CCCCCC. The molecule has 2 atom stereocenters. The second-order valence-electron chi connectivity index (χ2n) is 6.17. The molecule has 0 aromatic rings. The van der Waals surface area contributed by atoms with E-state index in [0.717, 1.165) is 6.42 Å². The average molecular weight is 271 g/mol.